The van der Waals surface area contributed by atoms with Crippen LogP contribution in [-0.4, -0.2) is 22.2 Å². The highest BCUT2D eigenvalue weighted by molar-refractivity contribution is 7.28. The number of hydrogen-bond donors (Lipinski definition) is 2. The molecule has 4 nitrogen and oxygen atoms in total. The first-order valence-corrected chi connectivity index (χ1v) is 11.7. The van der Waals surface area contributed by atoms with Crippen LogP contribution in [0.4, 0.5) is 0 Å². The second-order valence-electron chi connectivity index (χ2n) is 6.02. The number of thiophene rings is 4. The molecule has 0 saturated carbocycles. The SMILES string of the molecule is O=C(O)Cc1ccsc1-c1ccc(-c2sc(-c3cccs3)cc2CC(=O)O)s1. The minimum Gasteiger partial charge on any atom is -0.481 e. The Morgan fingerprint density at radius 2 is 1.43 bits per heavy atom. The second-order valence-corrected chi connectivity index (χ2v) is 10.0. The van der Waals surface area contributed by atoms with E-state index < -0.39 is 11.9 Å². The zero-order chi connectivity index (χ0) is 19.7. The van der Waals surface area contributed by atoms with Crippen molar-refractivity contribution >= 4 is 57.3 Å². The highest BCUT2D eigenvalue weighted by atomic mass is 32.1. The van der Waals surface area contributed by atoms with Crippen LogP contribution < -0.4 is 0 Å². The highest BCUT2D eigenvalue weighted by Gasteiger charge is 2.18. The van der Waals surface area contributed by atoms with Gasteiger partial charge in [0.15, 0.2) is 0 Å². The molecule has 4 aromatic heterocycles. The number of hydrogen-bond acceptors (Lipinski definition) is 6. The maximum atomic E-state index is 11.3. The molecule has 0 unspecified atom stereocenters. The van der Waals surface area contributed by atoms with Gasteiger partial charge in [0.2, 0.25) is 0 Å². The van der Waals surface area contributed by atoms with Crippen LogP contribution in [-0.2, 0) is 22.4 Å². The Balaban J connectivity index is 1.73. The number of rotatable bonds is 7. The van der Waals surface area contributed by atoms with Crippen molar-refractivity contribution in [3.05, 3.63) is 58.3 Å². The van der Waals surface area contributed by atoms with Crippen molar-refractivity contribution in [2.45, 2.75) is 12.8 Å². The quantitative estimate of drug-likeness (QED) is 0.355. The summed E-state index contributed by atoms with van der Waals surface area (Å²) in [6.45, 7) is 0. The fourth-order valence-electron chi connectivity index (χ4n) is 2.91. The van der Waals surface area contributed by atoms with Gasteiger partial charge < -0.3 is 10.2 Å². The summed E-state index contributed by atoms with van der Waals surface area (Å²) in [5.74, 6) is -1.70. The summed E-state index contributed by atoms with van der Waals surface area (Å²) in [5.41, 5.74) is 1.62. The molecule has 0 aliphatic rings. The molecule has 8 heteroatoms. The van der Waals surface area contributed by atoms with E-state index in [9.17, 15) is 14.7 Å². The standard InChI is InChI=1S/C20H14O4S4/c21-17(22)9-11-5-7-26-19(11)14-3-4-15(27-14)20-12(10-18(23)24)8-16(28-20)13-2-1-6-25-13/h1-8H,9-10H2,(H,21,22)(H,23,24). The molecule has 0 aliphatic carbocycles. The van der Waals surface area contributed by atoms with Crippen LogP contribution in [0.25, 0.3) is 29.3 Å². The Morgan fingerprint density at radius 3 is 2.11 bits per heavy atom. The minimum absolute atomic E-state index is 0.00212. The molecule has 0 bridgehead atoms. The van der Waals surface area contributed by atoms with E-state index in [1.165, 1.54) is 11.3 Å². The van der Waals surface area contributed by atoms with E-state index in [2.05, 4.69) is 0 Å². The van der Waals surface area contributed by atoms with E-state index in [0.717, 1.165) is 40.4 Å². The molecule has 28 heavy (non-hydrogen) atoms. The monoisotopic (exact) mass is 446 g/mol. The van der Waals surface area contributed by atoms with Crippen molar-refractivity contribution in [1.29, 1.82) is 0 Å². The van der Waals surface area contributed by atoms with Crippen LogP contribution in [0.3, 0.4) is 0 Å². The number of carboxylic acid groups (broad SMARTS) is 2. The van der Waals surface area contributed by atoms with Crippen LogP contribution >= 0.6 is 45.3 Å². The molecule has 0 aliphatic heterocycles. The molecule has 0 radical (unpaired) electrons. The molecule has 0 aromatic carbocycles. The average Bonchev–Trinajstić information content (AvgIpc) is 3.40. The maximum Gasteiger partial charge on any atom is 0.307 e. The second kappa shape index (κ2) is 8.00. The van der Waals surface area contributed by atoms with Crippen molar-refractivity contribution < 1.29 is 19.8 Å². The molecule has 4 rings (SSSR count). The summed E-state index contributed by atoms with van der Waals surface area (Å²) in [4.78, 5) is 28.6. The Hall–Kier alpha value is -2.26. The fourth-order valence-corrected chi connectivity index (χ4v) is 7.15. The Morgan fingerprint density at radius 1 is 0.714 bits per heavy atom. The van der Waals surface area contributed by atoms with Gasteiger partial charge in [0, 0.05) is 29.3 Å². The topological polar surface area (TPSA) is 74.6 Å². The summed E-state index contributed by atoms with van der Waals surface area (Å²) in [7, 11) is 0. The maximum absolute atomic E-state index is 11.3. The van der Waals surface area contributed by atoms with Gasteiger partial charge in [-0.3, -0.25) is 9.59 Å². The van der Waals surface area contributed by atoms with Gasteiger partial charge in [-0.1, -0.05) is 6.07 Å². The van der Waals surface area contributed by atoms with Crippen LogP contribution in [0.5, 0.6) is 0 Å². The normalized spacial score (nSPS) is 11.0. The van der Waals surface area contributed by atoms with E-state index in [1.807, 2.05) is 47.2 Å². The summed E-state index contributed by atoms with van der Waals surface area (Å²) in [6, 6.07) is 11.8. The van der Waals surface area contributed by atoms with Gasteiger partial charge in [-0.05, 0) is 52.2 Å². The molecule has 0 saturated heterocycles. The van der Waals surface area contributed by atoms with Gasteiger partial charge in [0.25, 0.3) is 0 Å². The first kappa shape index (κ1) is 19.1. The Kier molecular flexibility index (Phi) is 5.45. The molecule has 4 aromatic rings. The third-order valence-electron chi connectivity index (χ3n) is 4.06. The van der Waals surface area contributed by atoms with E-state index in [1.54, 1.807) is 34.0 Å². The molecule has 4 heterocycles. The third kappa shape index (κ3) is 3.95. The summed E-state index contributed by atoms with van der Waals surface area (Å²) < 4.78 is 0. The van der Waals surface area contributed by atoms with Crippen molar-refractivity contribution in [3.63, 3.8) is 0 Å². The molecular formula is C20H14O4S4. The van der Waals surface area contributed by atoms with E-state index in [4.69, 9.17) is 5.11 Å². The van der Waals surface area contributed by atoms with Crippen LogP contribution in [0, 0.1) is 0 Å². The van der Waals surface area contributed by atoms with Crippen LogP contribution in [0.15, 0.2) is 47.2 Å². The van der Waals surface area contributed by atoms with Gasteiger partial charge in [0.1, 0.15) is 0 Å². The van der Waals surface area contributed by atoms with E-state index in [0.29, 0.717) is 0 Å². The zero-order valence-corrected chi connectivity index (χ0v) is 17.6. The zero-order valence-electron chi connectivity index (χ0n) is 14.4. The van der Waals surface area contributed by atoms with Gasteiger partial charge in [-0.15, -0.1) is 45.3 Å². The number of carbonyl (C=O) groups is 2. The van der Waals surface area contributed by atoms with Gasteiger partial charge in [-0.25, -0.2) is 0 Å². The van der Waals surface area contributed by atoms with Crippen LogP contribution in [0.1, 0.15) is 11.1 Å². The largest absolute Gasteiger partial charge is 0.481 e. The summed E-state index contributed by atoms with van der Waals surface area (Å²) in [6.07, 6.45) is -0.0223. The van der Waals surface area contributed by atoms with Gasteiger partial charge in [-0.2, -0.15) is 0 Å². The minimum atomic E-state index is -0.851. The first-order valence-electron chi connectivity index (χ1n) is 8.28. The van der Waals surface area contributed by atoms with E-state index >= 15 is 0 Å². The van der Waals surface area contributed by atoms with Crippen molar-refractivity contribution in [1.82, 2.24) is 0 Å². The Bertz CT molecular complexity index is 1130. The lowest BCUT2D eigenvalue weighted by molar-refractivity contribution is -0.137. The average molecular weight is 447 g/mol. The molecular weight excluding hydrogens is 432 g/mol. The number of carboxylic acids is 2. The van der Waals surface area contributed by atoms with Crippen molar-refractivity contribution in [2.24, 2.45) is 0 Å². The summed E-state index contributed by atoms with van der Waals surface area (Å²) in [5, 5.41) is 22.3. The Labute approximate surface area is 177 Å². The number of aliphatic carboxylic acids is 2. The first-order chi connectivity index (χ1) is 13.5. The smallest absolute Gasteiger partial charge is 0.307 e. The molecule has 0 amide bonds. The highest BCUT2D eigenvalue weighted by Crippen LogP contribution is 2.45. The molecule has 0 spiro atoms. The molecule has 0 atom stereocenters. The molecule has 2 N–H and O–H groups in total. The lowest BCUT2D eigenvalue weighted by Gasteiger charge is -1.99. The lowest BCUT2D eigenvalue weighted by Crippen LogP contribution is -1.99. The van der Waals surface area contributed by atoms with E-state index in [-0.39, 0.29) is 12.8 Å². The van der Waals surface area contributed by atoms with Gasteiger partial charge in [0.05, 0.1) is 12.8 Å². The molecule has 0 fully saturated rings. The summed E-state index contributed by atoms with van der Waals surface area (Å²) >= 11 is 6.34. The van der Waals surface area contributed by atoms with Crippen molar-refractivity contribution in [2.75, 3.05) is 0 Å². The molecule has 142 valence electrons. The lowest BCUT2D eigenvalue weighted by atomic mass is 10.1. The van der Waals surface area contributed by atoms with Crippen LogP contribution in [0.2, 0.25) is 0 Å². The predicted molar refractivity (Wildman–Crippen MR) is 117 cm³/mol. The fraction of sp³-hybridized carbons (Fsp3) is 0.100. The van der Waals surface area contributed by atoms with Crippen molar-refractivity contribution in [3.8, 4) is 29.3 Å². The third-order valence-corrected chi connectivity index (χ3v) is 8.70. The van der Waals surface area contributed by atoms with Gasteiger partial charge >= 0.3 is 11.9 Å². The predicted octanol–water partition coefficient (Wildman–Crippen LogP) is 6.19.